The van der Waals surface area contributed by atoms with Gasteiger partial charge in [-0.05, 0) is 31.2 Å². The second kappa shape index (κ2) is 9.80. The number of fused-ring (bicyclic) bond motifs is 1. The quantitative estimate of drug-likeness (QED) is 0.499. The van der Waals surface area contributed by atoms with E-state index in [2.05, 4.69) is 5.32 Å². The second-order valence-corrected chi connectivity index (χ2v) is 10.3. The first-order valence-corrected chi connectivity index (χ1v) is 12.6. The first-order chi connectivity index (χ1) is 14.8. The highest BCUT2D eigenvalue weighted by molar-refractivity contribution is 7.91. The van der Waals surface area contributed by atoms with Crippen LogP contribution < -0.4 is 11.0 Å². The van der Waals surface area contributed by atoms with E-state index in [1.807, 2.05) is 31.2 Å². The predicted molar refractivity (Wildman–Crippen MR) is 123 cm³/mol. The number of carbonyl (C=O) groups is 1. The van der Waals surface area contributed by atoms with E-state index >= 15 is 0 Å². The van der Waals surface area contributed by atoms with Crippen molar-refractivity contribution in [3.63, 3.8) is 0 Å². The van der Waals surface area contributed by atoms with Gasteiger partial charge in [-0.25, -0.2) is 13.2 Å². The van der Waals surface area contributed by atoms with Gasteiger partial charge in [0, 0.05) is 37.5 Å². The van der Waals surface area contributed by atoms with E-state index in [4.69, 9.17) is 0 Å². The van der Waals surface area contributed by atoms with Gasteiger partial charge in [0.2, 0.25) is 5.91 Å². The number of amides is 1. The summed E-state index contributed by atoms with van der Waals surface area (Å²) in [6.07, 6.45) is 0.160. The second-order valence-electron chi connectivity index (χ2n) is 7.00. The number of nitrogens with one attached hydrogen (secondary N) is 1. The van der Waals surface area contributed by atoms with Gasteiger partial charge in [-0.1, -0.05) is 26.0 Å². The number of aromatic nitrogens is 2. The number of thiophene rings is 1. The zero-order valence-corrected chi connectivity index (χ0v) is 19.6. The Bertz CT molecular complexity index is 1220. The molecule has 2 heterocycles. The summed E-state index contributed by atoms with van der Waals surface area (Å²) in [4.78, 5) is 25.8. The molecule has 3 rings (SSSR count). The molecule has 0 aliphatic heterocycles. The van der Waals surface area contributed by atoms with Crippen LogP contribution in [0.2, 0.25) is 0 Å². The molecule has 1 amide bonds. The molecule has 3 aromatic rings. The number of nitrogens with zero attached hydrogens (tertiary/aromatic N) is 3. The molecule has 0 saturated carbocycles. The van der Waals surface area contributed by atoms with Crippen LogP contribution in [0.15, 0.2) is 45.4 Å². The van der Waals surface area contributed by atoms with Gasteiger partial charge in [0.25, 0.3) is 10.0 Å². The summed E-state index contributed by atoms with van der Waals surface area (Å²) >= 11 is 1.16. The molecule has 0 aliphatic carbocycles. The van der Waals surface area contributed by atoms with E-state index in [1.165, 1.54) is 4.31 Å². The average molecular weight is 465 g/mol. The number of imidazole rings is 1. The van der Waals surface area contributed by atoms with Crippen molar-refractivity contribution in [2.75, 3.05) is 13.1 Å². The Kier molecular flexibility index (Phi) is 7.34. The van der Waals surface area contributed by atoms with Crippen molar-refractivity contribution >= 4 is 38.3 Å². The van der Waals surface area contributed by atoms with Crippen molar-refractivity contribution in [2.24, 2.45) is 0 Å². The van der Waals surface area contributed by atoms with Crippen LogP contribution in [-0.4, -0.2) is 40.9 Å². The van der Waals surface area contributed by atoms with Crippen LogP contribution in [0.4, 0.5) is 0 Å². The standard InChI is InChI=1S/C21H28N4O4S2/c1-4-23(5-2)31(28,29)20-12-11-16(30-20)15-22-19(26)13-14-25-18-10-8-7-9-17(18)24(6-3)21(25)27/h7-12H,4-6,13-15H2,1-3H3,(H,22,26). The Labute approximate surface area is 186 Å². The number of hydrogen-bond acceptors (Lipinski definition) is 5. The fourth-order valence-electron chi connectivity index (χ4n) is 3.56. The first kappa shape index (κ1) is 23.2. The van der Waals surface area contributed by atoms with Gasteiger partial charge < -0.3 is 5.32 Å². The summed E-state index contributed by atoms with van der Waals surface area (Å²) in [6.45, 7) is 7.45. The van der Waals surface area contributed by atoms with Crippen molar-refractivity contribution in [3.8, 4) is 0 Å². The summed E-state index contributed by atoms with van der Waals surface area (Å²) < 4.78 is 30.2. The van der Waals surface area contributed by atoms with E-state index in [1.54, 1.807) is 35.1 Å². The molecule has 168 valence electrons. The maximum Gasteiger partial charge on any atom is 0.329 e. The van der Waals surface area contributed by atoms with Gasteiger partial charge in [0.05, 0.1) is 17.6 Å². The van der Waals surface area contributed by atoms with Gasteiger partial charge in [0.15, 0.2) is 0 Å². The minimum absolute atomic E-state index is 0.124. The third-order valence-corrected chi connectivity index (χ3v) is 8.80. The highest BCUT2D eigenvalue weighted by Gasteiger charge is 2.23. The van der Waals surface area contributed by atoms with Crippen LogP contribution in [0.25, 0.3) is 11.0 Å². The molecule has 1 aromatic carbocycles. The molecule has 0 radical (unpaired) electrons. The summed E-state index contributed by atoms with van der Waals surface area (Å²) in [5, 5.41) is 2.82. The van der Waals surface area contributed by atoms with Crippen molar-refractivity contribution in [2.45, 2.75) is 51.0 Å². The van der Waals surface area contributed by atoms with Crippen molar-refractivity contribution < 1.29 is 13.2 Å². The molecule has 2 aromatic heterocycles. The summed E-state index contributed by atoms with van der Waals surface area (Å²) in [5.74, 6) is -0.193. The number of rotatable bonds is 10. The van der Waals surface area contributed by atoms with Crippen LogP contribution in [0.5, 0.6) is 0 Å². The number of benzene rings is 1. The van der Waals surface area contributed by atoms with Gasteiger partial charge in [-0.2, -0.15) is 4.31 Å². The third kappa shape index (κ3) is 4.76. The van der Waals surface area contributed by atoms with Crippen LogP contribution >= 0.6 is 11.3 Å². The lowest BCUT2D eigenvalue weighted by Crippen LogP contribution is -2.30. The lowest BCUT2D eigenvalue weighted by molar-refractivity contribution is -0.121. The van der Waals surface area contributed by atoms with Gasteiger partial charge in [-0.3, -0.25) is 13.9 Å². The molecule has 0 bridgehead atoms. The molecule has 0 saturated heterocycles. The molecule has 8 nitrogen and oxygen atoms in total. The van der Waals surface area contributed by atoms with E-state index in [0.717, 1.165) is 27.2 Å². The maximum absolute atomic E-state index is 12.6. The molecule has 0 unspecified atom stereocenters. The van der Waals surface area contributed by atoms with Crippen LogP contribution in [0.3, 0.4) is 0 Å². The number of aryl methyl sites for hydroxylation is 2. The molecule has 0 spiro atoms. The van der Waals surface area contributed by atoms with Gasteiger partial charge in [-0.15, -0.1) is 11.3 Å². The molecule has 10 heteroatoms. The van der Waals surface area contributed by atoms with Crippen LogP contribution in [0, 0.1) is 0 Å². The zero-order chi connectivity index (χ0) is 22.6. The first-order valence-electron chi connectivity index (χ1n) is 10.4. The largest absolute Gasteiger partial charge is 0.351 e. The van der Waals surface area contributed by atoms with E-state index in [-0.39, 0.29) is 35.3 Å². The lowest BCUT2D eigenvalue weighted by atomic mass is 10.3. The summed E-state index contributed by atoms with van der Waals surface area (Å²) in [7, 11) is -3.49. The molecule has 0 fully saturated rings. The summed E-state index contributed by atoms with van der Waals surface area (Å²) in [5.41, 5.74) is 1.55. The highest BCUT2D eigenvalue weighted by Crippen LogP contribution is 2.24. The minimum atomic E-state index is -3.49. The smallest absolute Gasteiger partial charge is 0.329 e. The Morgan fingerprint density at radius 1 is 1.03 bits per heavy atom. The fourth-order valence-corrected chi connectivity index (χ4v) is 6.47. The Balaban J connectivity index is 1.63. The molecular formula is C21H28N4O4S2. The predicted octanol–water partition coefficient (Wildman–Crippen LogP) is 2.62. The Morgan fingerprint density at radius 3 is 2.29 bits per heavy atom. The molecular weight excluding hydrogens is 436 g/mol. The topological polar surface area (TPSA) is 93.4 Å². The van der Waals surface area contributed by atoms with Crippen molar-refractivity contribution in [1.82, 2.24) is 18.8 Å². The number of sulfonamides is 1. The SMILES string of the molecule is CCN(CC)S(=O)(=O)c1ccc(CNC(=O)CCn2c(=O)n(CC)c3ccccc32)s1. The highest BCUT2D eigenvalue weighted by atomic mass is 32.2. The van der Waals surface area contributed by atoms with E-state index in [0.29, 0.717) is 19.6 Å². The maximum atomic E-state index is 12.6. The van der Waals surface area contributed by atoms with Gasteiger partial charge in [0.1, 0.15) is 4.21 Å². The Hall–Kier alpha value is -2.43. The van der Waals surface area contributed by atoms with Crippen LogP contribution in [0.1, 0.15) is 32.1 Å². The summed E-state index contributed by atoms with van der Waals surface area (Å²) in [6, 6.07) is 10.8. The number of hydrogen-bond donors (Lipinski definition) is 1. The third-order valence-electron chi connectivity index (χ3n) is 5.20. The molecule has 1 N–H and O–H groups in total. The molecule has 31 heavy (non-hydrogen) atoms. The van der Waals surface area contributed by atoms with E-state index < -0.39 is 10.0 Å². The fraction of sp³-hybridized carbons (Fsp3) is 0.429. The monoisotopic (exact) mass is 464 g/mol. The minimum Gasteiger partial charge on any atom is -0.351 e. The van der Waals surface area contributed by atoms with Crippen LogP contribution in [-0.2, 0) is 34.5 Å². The number of carbonyl (C=O) groups excluding carboxylic acids is 1. The molecule has 0 atom stereocenters. The van der Waals surface area contributed by atoms with Crippen molar-refractivity contribution in [3.05, 3.63) is 51.8 Å². The van der Waals surface area contributed by atoms with Crippen molar-refractivity contribution in [1.29, 1.82) is 0 Å². The Morgan fingerprint density at radius 2 is 1.68 bits per heavy atom. The average Bonchev–Trinajstić information content (AvgIpc) is 3.34. The zero-order valence-electron chi connectivity index (χ0n) is 18.0. The van der Waals surface area contributed by atoms with Gasteiger partial charge >= 0.3 is 5.69 Å². The lowest BCUT2D eigenvalue weighted by Gasteiger charge is -2.16. The number of para-hydroxylation sites is 2. The normalized spacial score (nSPS) is 12.0. The molecule has 0 aliphatic rings. The van der Waals surface area contributed by atoms with E-state index in [9.17, 15) is 18.0 Å².